The highest BCUT2D eigenvalue weighted by Gasteiger charge is 2.10. The van der Waals surface area contributed by atoms with Gasteiger partial charge < -0.3 is 4.74 Å². The number of nitrogens with zero attached hydrogens (tertiary/aromatic N) is 1. The van der Waals surface area contributed by atoms with Crippen LogP contribution in [-0.4, -0.2) is 25.7 Å². The van der Waals surface area contributed by atoms with E-state index in [0.717, 1.165) is 5.75 Å². The minimum Gasteiger partial charge on any atom is -0.494 e. The summed E-state index contributed by atoms with van der Waals surface area (Å²) < 4.78 is 5.58. The van der Waals surface area contributed by atoms with Gasteiger partial charge in [-0.25, -0.2) is 5.43 Å². The van der Waals surface area contributed by atoms with E-state index in [4.69, 9.17) is 4.74 Å². The molecule has 3 nitrogen and oxygen atoms in total. The van der Waals surface area contributed by atoms with E-state index < -0.39 is 0 Å². The maximum atomic E-state index is 5.58. The molecule has 0 bridgehead atoms. The Morgan fingerprint density at radius 1 is 1.33 bits per heavy atom. The molecular weight excluding hydrogens is 188 g/mol. The molecule has 1 aromatic carbocycles. The fourth-order valence-corrected chi connectivity index (χ4v) is 1.58. The second-order valence-corrected chi connectivity index (χ2v) is 3.72. The van der Waals surface area contributed by atoms with Gasteiger partial charge in [0.15, 0.2) is 0 Å². The number of benzene rings is 1. The van der Waals surface area contributed by atoms with Crippen LogP contribution >= 0.6 is 0 Å². The van der Waals surface area contributed by atoms with E-state index >= 15 is 0 Å². The molecule has 0 saturated heterocycles. The molecule has 1 aromatic rings. The first-order valence-electron chi connectivity index (χ1n) is 5.30. The number of ether oxygens (including phenoxy) is 1. The molecule has 0 aliphatic heterocycles. The van der Waals surface area contributed by atoms with Crippen molar-refractivity contribution in [2.75, 3.05) is 20.7 Å². The molecule has 15 heavy (non-hydrogen) atoms. The Kier molecular flexibility index (Phi) is 4.59. The average molecular weight is 208 g/mol. The summed E-state index contributed by atoms with van der Waals surface area (Å²) in [5.41, 5.74) is 4.50. The van der Waals surface area contributed by atoms with Crippen LogP contribution in [0.1, 0.15) is 25.5 Å². The summed E-state index contributed by atoms with van der Waals surface area (Å²) in [6, 6.07) is 8.38. The molecule has 0 aromatic heterocycles. The van der Waals surface area contributed by atoms with Crippen molar-refractivity contribution in [3.8, 4) is 5.75 Å². The number of hydrogen-bond donors (Lipinski definition) is 1. The van der Waals surface area contributed by atoms with Gasteiger partial charge >= 0.3 is 0 Å². The first kappa shape index (κ1) is 12.0. The highest BCUT2D eigenvalue weighted by atomic mass is 16.5. The molecule has 0 radical (unpaired) electrons. The van der Waals surface area contributed by atoms with Crippen LogP contribution in [-0.2, 0) is 0 Å². The molecule has 3 heteroatoms. The highest BCUT2D eigenvalue weighted by molar-refractivity contribution is 5.35. The van der Waals surface area contributed by atoms with Gasteiger partial charge in [0.1, 0.15) is 5.75 Å². The Bertz CT molecular complexity index is 299. The van der Waals surface area contributed by atoms with Crippen molar-refractivity contribution in [3.63, 3.8) is 0 Å². The van der Waals surface area contributed by atoms with Crippen molar-refractivity contribution in [2.45, 2.75) is 19.9 Å². The quantitative estimate of drug-likeness (QED) is 0.751. The second-order valence-electron chi connectivity index (χ2n) is 3.72. The number of para-hydroxylation sites is 1. The molecule has 0 amide bonds. The van der Waals surface area contributed by atoms with Crippen molar-refractivity contribution in [1.82, 2.24) is 10.4 Å². The largest absolute Gasteiger partial charge is 0.494 e. The van der Waals surface area contributed by atoms with Crippen LogP contribution in [0.3, 0.4) is 0 Å². The molecule has 1 atom stereocenters. The third-order valence-corrected chi connectivity index (χ3v) is 2.14. The standard InChI is InChI=1S/C12H20N2O/c1-5-15-12-9-7-6-8-11(12)10(2)13-14(3)4/h6-10,13H,5H2,1-4H3. The smallest absolute Gasteiger partial charge is 0.124 e. The Hall–Kier alpha value is -1.06. The van der Waals surface area contributed by atoms with Crippen LogP contribution in [0.15, 0.2) is 24.3 Å². The first-order valence-corrected chi connectivity index (χ1v) is 5.30. The lowest BCUT2D eigenvalue weighted by Gasteiger charge is -2.21. The number of nitrogens with one attached hydrogen (secondary N) is 1. The molecule has 0 heterocycles. The summed E-state index contributed by atoms with van der Waals surface area (Å²) in [4.78, 5) is 0. The topological polar surface area (TPSA) is 24.5 Å². The minimum absolute atomic E-state index is 0.253. The van der Waals surface area contributed by atoms with E-state index in [0.29, 0.717) is 6.61 Å². The van der Waals surface area contributed by atoms with Gasteiger partial charge in [-0.3, -0.25) is 5.01 Å². The van der Waals surface area contributed by atoms with Gasteiger partial charge in [-0.2, -0.15) is 0 Å². The number of hydrogen-bond acceptors (Lipinski definition) is 3. The van der Waals surface area contributed by atoms with Crippen molar-refractivity contribution in [1.29, 1.82) is 0 Å². The summed E-state index contributed by atoms with van der Waals surface area (Å²) in [5, 5.41) is 1.95. The van der Waals surface area contributed by atoms with E-state index in [2.05, 4.69) is 18.4 Å². The van der Waals surface area contributed by atoms with Gasteiger partial charge in [0.2, 0.25) is 0 Å². The maximum absolute atomic E-state index is 5.58. The van der Waals surface area contributed by atoms with E-state index in [-0.39, 0.29) is 6.04 Å². The van der Waals surface area contributed by atoms with Gasteiger partial charge in [0.05, 0.1) is 6.61 Å². The Morgan fingerprint density at radius 2 is 2.00 bits per heavy atom. The predicted molar refractivity (Wildman–Crippen MR) is 62.8 cm³/mol. The average Bonchev–Trinajstić information content (AvgIpc) is 2.18. The lowest BCUT2D eigenvalue weighted by molar-refractivity contribution is 0.246. The molecule has 0 aliphatic carbocycles. The molecule has 0 saturated carbocycles. The van der Waals surface area contributed by atoms with Crippen LogP contribution in [0.2, 0.25) is 0 Å². The fourth-order valence-electron chi connectivity index (χ4n) is 1.58. The SMILES string of the molecule is CCOc1ccccc1C(C)NN(C)C. The summed E-state index contributed by atoms with van der Waals surface area (Å²) in [6.07, 6.45) is 0. The third-order valence-electron chi connectivity index (χ3n) is 2.14. The maximum Gasteiger partial charge on any atom is 0.124 e. The van der Waals surface area contributed by atoms with E-state index in [1.807, 2.05) is 44.2 Å². The summed E-state index contributed by atoms with van der Waals surface area (Å²) in [7, 11) is 3.97. The van der Waals surface area contributed by atoms with Crippen molar-refractivity contribution in [2.24, 2.45) is 0 Å². The van der Waals surface area contributed by atoms with Crippen molar-refractivity contribution >= 4 is 0 Å². The monoisotopic (exact) mass is 208 g/mol. The third kappa shape index (κ3) is 3.53. The van der Waals surface area contributed by atoms with Gasteiger partial charge in [0.25, 0.3) is 0 Å². The Balaban J connectivity index is 2.81. The molecule has 1 N–H and O–H groups in total. The molecule has 1 unspecified atom stereocenters. The Labute approximate surface area is 92.0 Å². The summed E-state index contributed by atoms with van der Waals surface area (Å²) in [6.45, 7) is 4.82. The molecule has 0 fully saturated rings. The second kappa shape index (κ2) is 5.73. The lowest BCUT2D eigenvalue weighted by Crippen LogP contribution is -2.32. The zero-order chi connectivity index (χ0) is 11.3. The minimum atomic E-state index is 0.253. The normalized spacial score (nSPS) is 12.9. The molecule has 84 valence electrons. The fraction of sp³-hybridized carbons (Fsp3) is 0.500. The van der Waals surface area contributed by atoms with Crippen LogP contribution < -0.4 is 10.2 Å². The van der Waals surface area contributed by atoms with Crippen LogP contribution in [0.4, 0.5) is 0 Å². The molecule has 0 spiro atoms. The predicted octanol–water partition coefficient (Wildman–Crippen LogP) is 2.21. The zero-order valence-electron chi connectivity index (χ0n) is 9.95. The van der Waals surface area contributed by atoms with Gasteiger partial charge in [0, 0.05) is 25.7 Å². The highest BCUT2D eigenvalue weighted by Crippen LogP contribution is 2.24. The summed E-state index contributed by atoms with van der Waals surface area (Å²) >= 11 is 0. The first-order chi connectivity index (χ1) is 7.15. The van der Waals surface area contributed by atoms with Gasteiger partial charge in [-0.05, 0) is 19.9 Å². The lowest BCUT2D eigenvalue weighted by atomic mass is 10.1. The van der Waals surface area contributed by atoms with E-state index in [1.54, 1.807) is 0 Å². The number of rotatable bonds is 5. The van der Waals surface area contributed by atoms with Gasteiger partial charge in [-0.1, -0.05) is 18.2 Å². The molecule has 0 aliphatic rings. The zero-order valence-corrected chi connectivity index (χ0v) is 9.95. The van der Waals surface area contributed by atoms with Crippen molar-refractivity contribution < 1.29 is 4.74 Å². The van der Waals surface area contributed by atoms with Crippen molar-refractivity contribution in [3.05, 3.63) is 29.8 Å². The van der Waals surface area contributed by atoms with E-state index in [1.165, 1.54) is 5.56 Å². The summed E-state index contributed by atoms with van der Waals surface area (Å²) in [5.74, 6) is 0.960. The molecule has 1 rings (SSSR count). The number of hydrazine groups is 1. The Morgan fingerprint density at radius 3 is 2.60 bits per heavy atom. The van der Waals surface area contributed by atoms with Crippen LogP contribution in [0.25, 0.3) is 0 Å². The van der Waals surface area contributed by atoms with Crippen LogP contribution in [0, 0.1) is 0 Å². The van der Waals surface area contributed by atoms with Crippen LogP contribution in [0.5, 0.6) is 5.75 Å². The molecular formula is C12H20N2O. The van der Waals surface area contributed by atoms with E-state index in [9.17, 15) is 0 Å². The van der Waals surface area contributed by atoms with Gasteiger partial charge in [-0.15, -0.1) is 0 Å².